The first kappa shape index (κ1) is 14.0. The Bertz CT molecular complexity index is 638. The van der Waals surface area contributed by atoms with Gasteiger partial charge < -0.3 is 4.57 Å². The normalized spacial score (nSPS) is 10.6. The van der Waals surface area contributed by atoms with Crippen LogP contribution in [0.3, 0.4) is 0 Å². The van der Waals surface area contributed by atoms with Crippen LogP contribution in [0.25, 0.3) is 11.0 Å². The Balaban J connectivity index is 2.36. The van der Waals surface area contributed by atoms with E-state index in [4.69, 9.17) is 5.26 Å². The predicted octanol–water partition coefficient (Wildman–Crippen LogP) is 2.73. The van der Waals surface area contributed by atoms with Crippen LogP contribution in [0.5, 0.6) is 0 Å². The number of benzene rings is 1. The number of hydrogen-bond donors (Lipinski definition) is 0. The molecule has 20 heavy (non-hydrogen) atoms. The predicted molar refractivity (Wildman–Crippen MR) is 81.0 cm³/mol. The molecule has 1 aromatic carbocycles. The maximum atomic E-state index is 9.02. The summed E-state index contributed by atoms with van der Waals surface area (Å²) in [6.07, 6.45) is 3.72. The number of nitrogens with zero attached hydrogens (tertiary/aromatic N) is 4. The Morgan fingerprint density at radius 3 is 2.60 bits per heavy atom. The highest BCUT2D eigenvalue weighted by Crippen LogP contribution is 2.17. The summed E-state index contributed by atoms with van der Waals surface area (Å²) in [5.74, 6) is 0.899. The lowest BCUT2D eigenvalue weighted by atomic mass is 10.3. The van der Waals surface area contributed by atoms with E-state index < -0.39 is 0 Å². The van der Waals surface area contributed by atoms with Crippen molar-refractivity contribution in [3.8, 4) is 6.07 Å². The second kappa shape index (κ2) is 6.69. The SMILES string of the molecule is C=CCN(CC=C)Cc1nc2ccccc2n1CC#N. The molecule has 0 saturated carbocycles. The van der Waals surface area contributed by atoms with E-state index in [0.29, 0.717) is 13.1 Å². The van der Waals surface area contributed by atoms with Gasteiger partial charge in [0.2, 0.25) is 0 Å². The Kier molecular flexibility index (Phi) is 4.70. The molecule has 0 aliphatic rings. The van der Waals surface area contributed by atoms with Crippen LogP contribution in [0.15, 0.2) is 49.6 Å². The number of nitriles is 1. The summed E-state index contributed by atoms with van der Waals surface area (Å²) in [4.78, 5) is 6.81. The van der Waals surface area contributed by atoms with Crippen molar-refractivity contribution in [3.05, 3.63) is 55.4 Å². The molecule has 0 spiro atoms. The maximum absolute atomic E-state index is 9.02. The van der Waals surface area contributed by atoms with Crippen molar-refractivity contribution >= 4 is 11.0 Å². The van der Waals surface area contributed by atoms with E-state index in [2.05, 4.69) is 29.1 Å². The fourth-order valence-electron chi connectivity index (χ4n) is 2.26. The molecule has 0 fully saturated rings. The van der Waals surface area contributed by atoms with Crippen LogP contribution in [0.2, 0.25) is 0 Å². The Morgan fingerprint density at radius 1 is 1.25 bits per heavy atom. The van der Waals surface area contributed by atoms with Crippen molar-refractivity contribution in [1.29, 1.82) is 5.26 Å². The molecule has 4 heteroatoms. The second-order valence-electron chi connectivity index (χ2n) is 4.53. The lowest BCUT2D eigenvalue weighted by Crippen LogP contribution is -2.25. The van der Waals surface area contributed by atoms with Crippen molar-refractivity contribution in [2.45, 2.75) is 13.1 Å². The third-order valence-electron chi connectivity index (χ3n) is 3.10. The molecular formula is C16H18N4. The van der Waals surface area contributed by atoms with Gasteiger partial charge in [-0.1, -0.05) is 24.3 Å². The average molecular weight is 266 g/mol. The largest absolute Gasteiger partial charge is 0.313 e. The molecular weight excluding hydrogens is 248 g/mol. The molecule has 0 N–H and O–H groups in total. The average Bonchev–Trinajstić information content (AvgIpc) is 2.78. The first-order valence-corrected chi connectivity index (χ1v) is 6.55. The van der Waals surface area contributed by atoms with Crippen LogP contribution in [0.4, 0.5) is 0 Å². The summed E-state index contributed by atoms with van der Waals surface area (Å²) in [6.45, 7) is 10.1. The van der Waals surface area contributed by atoms with E-state index in [9.17, 15) is 0 Å². The molecule has 1 aromatic heterocycles. The van der Waals surface area contributed by atoms with Gasteiger partial charge in [0, 0.05) is 13.1 Å². The van der Waals surface area contributed by atoms with E-state index in [-0.39, 0.29) is 0 Å². The number of fused-ring (bicyclic) bond motifs is 1. The smallest absolute Gasteiger partial charge is 0.125 e. The van der Waals surface area contributed by atoms with E-state index >= 15 is 0 Å². The van der Waals surface area contributed by atoms with Gasteiger partial charge >= 0.3 is 0 Å². The van der Waals surface area contributed by atoms with Gasteiger partial charge in [0.05, 0.1) is 23.6 Å². The second-order valence-corrected chi connectivity index (χ2v) is 4.53. The standard InChI is InChI=1S/C16H18N4/c1-3-10-19(11-4-2)13-16-18-14-7-5-6-8-15(14)20(16)12-9-17/h3-8H,1-2,10-13H2. The maximum Gasteiger partial charge on any atom is 0.125 e. The third-order valence-corrected chi connectivity index (χ3v) is 3.10. The first-order chi connectivity index (χ1) is 9.80. The van der Waals surface area contributed by atoms with Crippen molar-refractivity contribution in [2.75, 3.05) is 13.1 Å². The van der Waals surface area contributed by atoms with E-state index in [1.807, 2.05) is 41.0 Å². The van der Waals surface area contributed by atoms with Crippen LogP contribution < -0.4 is 0 Å². The highest BCUT2D eigenvalue weighted by Gasteiger charge is 2.12. The van der Waals surface area contributed by atoms with Crippen molar-refractivity contribution in [3.63, 3.8) is 0 Å². The quantitative estimate of drug-likeness (QED) is 0.724. The zero-order valence-electron chi connectivity index (χ0n) is 11.5. The van der Waals surface area contributed by atoms with Gasteiger partial charge in [-0.25, -0.2) is 4.98 Å². The lowest BCUT2D eigenvalue weighted by molar-refractivity contribution is 0.315. The summed E-state index contributed by atoms with van der Waals surface area (Å²) in [6, 6.07) is 10.1. The summed E-state index contributed by atoms with van der Waals surface area (Å²) >= 11 is 0. The number of rotatable bonds is 7. The van der Waals surface area contributed by atoms with Gasteiger partial charge in [0.1, 0.15) is 12.4 Å². The zero-order valence-corrected chi connectivity index (χ0v) is 11.5. The molecule has 4 nitrogen and oxygen atoms in total. The molecule has 102 valence electrons. The van der Waals surface area contributed by atoms with Crippen molar-refractivity contribution in [2.24, 2.45) is 0 Å². The Morgan fingerprint density at radius 2 is 1.95 bits per heavy atom. The fraction of sp³-hybridized carbons (Fsp3) is 0.250. The fourth-order valence-corrected chi connectivity index (χ4v) is 2.26. The van der Waals surface area contributed by atoms with Crippen molar-refractivity contribution < 1.29 is 0 Å². The van der Waals surface area contributed by atoms with Gasteiger partial charge in [-0.05, 0) is 12.1 Å². The van der Waals surface area contributed by atoms with Gasteiger partial charge in [0.15, 0.2) is 0 Å². The highest BCUT2D eigenvalue weighted by molar-refractivity contribution is 5.76. The lowest BCUT2D eigenvalue weighted by Gasteiger charge is -2.18. The summed E-state index contributed by atoms with van der Waals surface area (Å²) in [7, 11) is 0. The van der Waals surface area contributed by atoms with Gasteiger partial charge in [0.25, 0.3) is 0 Å². The minimum absolute atomic E-state index is 0.311. The summed E-state index contributed by atoms with van der Waals surface area (Å²) in [5.41, 5.74) is 1.93. The van der Waals surface area contributed by atoms with Gasteiger partial charge in [-0.15, -0.1) is 13.2 Å². The number of aromatic nitrogens is 2. The Labute approximate surface area is 119 Å². The minimum Gasteiger partial charge on any atom is -0.313 e. The molecule has 2 rings (SSSR count). The minimum atomic E-state index is 0.311. The molecule has 0 amide bonds. The molecule has 2 aromatic rings. The zero-order chi connectivity index (χ0) is 14.4. The molecule has 0 radical (unpaired) electrons. The monoisotopic (exact) mass is 266 g/mol. The van der Waals surface area contributed by atoms with Crippen LogP contribution >= 0.6 is 0 Å². The van der Waals surface area contributed by atoms with Crippen LogP contribution in [-0.2, 0) is 13.1 Å². The highest BCUT2D eigenvalue weighted by atomic mass is 15.2. The van der Waals surface area contributed by atoms with Crippen molar-refractivity contribution in [1.82, 2.24) is 14.5 Å². The number of hydrogen-bond acceptors (Lipinski definition) is 3. The van der Waals surface area contributed by atoms with E-state index in [1.165, 1.54) is 0 Å². The summed E-state index contributed by atoms with van der Waals surface area (Å²) < 4.78 is 1.97. The molecule has 0 aliphatic carbocycles. The molecule has 0 atom stereocenters. The topological polar surface area (TPSA) is 44.9 Å². The number of para-hydroxylation sites is 2. The van der Waals surface area contributed by atoms with Crippen LogP contribution in [-0.4, -0.2) is 27.5 Å². The third kappa shape index (κ3) is 2.95. The van der Waals surface area contributed by atoms with Crippen LogP contribution in [0, 0.1) is 11.3 Å². The molecule has 0 aliphatic heterocycles. The molecule has 1 heterocycles. The molecule has 0 unspecified atom stereocenters. The molecule has 0 bridgehead atoms. The van der Waals surface area contributed by atoms with E-state index in [0.717, 1.165) is 29.9 Å². The van der Waals surface area contributed by atoms with Crippen LogP contribution in [0.1, 0.15) is 5.82 Å². The van der Waals surface area contributed by atoms with Gasteiger partial charge in [-0.3, -0.25) is 4.90 Å². The molecule has 0 saturated heterocycles. The van der Waals surface area contributed by atoms with Gasteiger partial charge in [-0.2, -0.15) is 5.26 Å². The first-order valence-electron chi connectivity index (χ1n) is 6.55. The Hall–Kier alpha value is -2.38. The summed E-state index contributed by atoms with van der Waals surface area (Å²) in [5, 5.41) is 9.02. The number of imidazole rings is 1. The van der Waals surface area contributed by atoms with E-state index in [1.54, 1.807) is 0 Å².